The van der Waals surface area contributed by atoms with Crippen molar-refractivity contribution >= 4 is 33.0 Å². The third-order valence-electron chi connectivity index (χ3n) is 4.56. The summed E-state index contributed by atoms with van der Waals surface area (Å²) in [5, 5.41) is 9.12. The maximum absolute atomic E-state index is 12.8. The van der Waals surface area contributed by atoms with Crippen LogP contribution in [-0.2, 0) is 14.8 Å². The molecule has 0 aliphatic rings. The zero-order valence-corrected chi connectivity index (χ0v) is 18.3. The molecule has 7 nitrogen and oxygen atoms in total. The molecule has 0 spiro atoms. The van der Waals surface area contributed by atoms with E-state index in [1.54, 1.807) is 18.2 Å². The lowest BCUT2D eigenvalue weighted by atomic mass is 10.2. The second-order valence-electron chi connectivity index (χ2n) is 6.54. The van der Waals surface area contributed by atoms with Gasteiger partial charge in [0, 0.05) is 25.3 Å². The Kier molecular flexibility index (Phi) is 8.04. The number of hydrogen-bond donors (Lipinski definition) is 3. The highest BCUT2D eigenvalue weighted by Gasteiger charge is 2.22. The van der Waals surface area contributed by atoms with Crippen molar-refractivity contribution in [2.24, 2.45) is 0 Å². The van der Waals surface area contributed by atoms with E-state index in [1.165, 1.54) is 4.31 Å². The Morgan fingerprint density at radius 2 is 1.62 bits per heavy atom. The molecule has 0 radical (unpaired) electrons. The van der Waals surface area contributed by atoms with Crippen LogP contribution in [0.15, 0.2) is 47.4 Å². The summed E-state index contributed by atoms with van der Waals surface area (Å²) in [6, 6.07) is 12.4. The first-order chi connectivity index (χ1) is 13.8. The van der Waals surface area contributed by atoms with Crippen LogP contribution in [0.25, 0.3) is 0 Å². The van der Waals surface area contributed by atoms with Crippen LogP contribution in [0.1, 0.15) is 26.3 Å². The number of amides is 1. The Morgan fingerprint density at radius 1 is 0.931 bits per heavy atom. The molecule has 0 saturated carbocycles. The van der Waals surface area contributed by atoms with E-state index < -0.39 is 10.0 Å². The highest BCUT2D eigenvalue weighted by atomic mass is 32.2. The zero-order valence-electron chi connectivity index (χ0n) is 17.5. The van der Waals surface area contributed by atoms with E-state index in [0.717, 1.165) is 16.9 Å². The Labute approximate surface area is 173 Å². The van der Waals surface area contributed by atoms with E-state index in [-0.39, 0.29) is 17.3 Å². The first-order valence-corrected chi connectivity index (χ1v) is 11.2. The van der Waals surface area contributed by atoms with Crippen molar-refractivity contribution in [2.75, 3.05) is 42.1 Å². The summed E-state index contributed by atoms with van der Waals surface area (Å²) in [6.07, 6.45) is 0. The van der Waals surface area contributed by atoms with Crippen LogP contribution in [0, 0.1) is 6.92 Å². The average molecular weight is 419 g/mol. The van der Waals surface area contributed by atoms with Crippen LogP contribution in [-0.4, -0.2) is 44.8 Å². The van der Waals surface area contributed by atoms with Gasteiger partial charge in [-0.3, -0.25) is 4.79 Å². The van der Waals surface area contributed by atoms with Crippen LogP contribution in [0.3, 0.4) is 0 Å². The second kappa shape index (κ2) is 10.3. The lowest BCUT2D eigenvalue weighted by Crippen LogP contribution is -2.30. The minimum atomic E-state index is -3.58. The van der Waals surface area contributed by atoms with Gasteiger partial charge >= 0.3 is 0 Å². The molecule has 0 saturated heterocycles. The van der Waals surface area contributed by atoms with Crippen molar-refractivity contribution in [2.45, 2.75) is 32.6 Å². The zero-order chi connectivity index (χ0) is 21.4. The third kappa shape index (κ3) is 5.71. The molecule has 2 rings (SSSR count). The van der Waals surface area contributed by atoms with Gasteiger partial charge in [-0.15, -0.1) is 0 Å². The third-order valence-corrected chi connectivity index (χ3v) is 6.61. The number of anilines is 3. The van der Waals surface area contributed by atoms with Crippen LogP contribution >= 0.6 is 0 Å². The van der Waals surface area contributed by atoms with Crippen LogP contribution < -0.4 is 16.0 Å². The molecule has 1 amide bonds. The van der Waals surface area contributed by atoms with Crippen molar-refractivity contribution in [3.05, 3.63) is 48.0 Å². The first kappa shape index (κ1) is 22.7. The van der Waals surface area contributed by atoms with Crippen LogP contribution in [0.2, 0.25) is 0 Å². The molecule has 2 aromatic carbocycles. The van der Waals surface area contributed by atoms with Crippen molar-refractivity contribution in [3.8, 4) is 0 Å². The maximum atomic E-state index is 12.8. The predicted octanol–water partition coefficient (Wildman–Crippen LogP) is 3.51. The Balaban J connectivity index is 2.21. The van der Waals surface area contributed by atoms with E-state index in [9.17, 15) is 13.2 Å². The number of carbonyl (C=O) groups is 1. The largest absolute Gasteiger partial charge is 0.384 e. The van der Waals surface area contributed by atoms with Crippen molar-refractivity contribution < 1.29 is 13.2 Å². The number of sulfonamides is 1. The van der Waals surface area contributed by atoms with E-state index in [0.29, 0.717) is 25.3 Å². The topological polar surface area (TPSA) is 90.5 Å². The standard InChI is InChI=1S/C21H30N4O3S/c1-5-22-19-13-12-17(29(27,28)25(6-2)7-3)14-20(19)23-15-21(26)24-18-11-9-8-10-16(18)4/h8-14,22-23H,5-7,15H2,1-4H3,(H,24,26). The summed E-state index contributed by atoms with van der Waals surface area (Å²) in [5.74, 6) is -0.209. The minimum Gasteiger partial charge on any atom is -0.384 e. The lowest BCUT2D eigenvalue weighted by molar-refractivity contribution is -0.114. The van der Waals surface area contributed by atoms with Crippen LogP contribution in [0.4, 0.5) is 17.1 Å². The molecule has 8 heteroatoms. The van der Waals surface area contributed by atoms with E-state index >= 15 is 0 Å². The van der Waals surface area contributed by atoms with Gasteiger partial charge in [0.2, 0.25) is 15.9 Å². The first-order valence-electron chi connectivity index (χ1n) is 9.80. The number of para-hydroxylation sites is 1. The lowest BCUT2D eigenvalue weighted by Gasteiger charge is -2.20. The highest BCUT2D eigenvalue weighted by Crippen LogP contribution is 2.27. The fourth-order valence-corrected chi connectivity index (χ4v) is 4.46. The fraction of sp³-hybridized carbons (Fsp3) is 0.381. The van der Waals surface area contributed by atoms with E-state index in [2.05, 4.69) is 16.0 Å². The summed E-state index contributed by atoms with van der Waals surface area (Å²) >= 11 is 0. The van der Waals surface area contributed by atoms with Gasteiger partial charge in [-0.2, -0.15) is 4.31 Å². The second-order valence-corrected chi connectivity index (χ2v) is 8.48. The molecule has 0 atom stereocenters. The molecule has 3 N–H and O–H groups in total. The maximum Gasteiger partial charge on any atom is 0.243 e. The summed E-state index contributed by atoms with van der Waals surface area (Å²) in [7, 11) is -3.58. The summed E-state index contributed by atoms with van der Waals surface area (Å²) in [4.78, 5) is 12.6. The Bertz CT molecular complexity index is 941. The highest BCUT2D eigenvalue weighted by molar-refractivity contribution is 7.89. The van der Waals surface area contributed by atoms with Gasteiger partial charge in [-0.05, 0) is 43.7 Å². The quantitative estimate of drug-likeness (QED) is 0.549. The molecule has 0 heterocycles. The average Bonchev–Trinajstić information content (AvgIpc) is 2.70. The Morgan fingerprint density at radius 3 is 2.24 bits per heavy atom. The molecule has 0 aliphatic heterocycles. The molecule has 0 aliphatic carbocycles. The van der Waals surface area contributed by atoms with Gasteiger partial charge < -0.3 is 16.0 Å². The number of rotatable bonds is 10. The molecule has 0 unspecified atom stereocenters. The monoisotopic (exact) mass is 418 g/mol. The molecular formula is C21H30N4O3S. The predicted molar refractivity (Wildman–Crippen MR) is 119 cm³/mol. The fourth-order valence-electron chi connectivity index (χ4n) is 2.97. The number of nitrogens with zero attached hydrogens (tertiary/aromatic N) is 1. The van der Waals surface area contributed by atoms with E-state index in [4.69, 9.17) is 0 Å². The van der Waals surface area contributed by atoms with Crippen molar-refractivity contribution in [3.63, 3.8) is 0 Å². The van der Waals surface area contributed by atoms with Gasteiger partial charge in [0.25, 0.3) is 0 Å². The molecular weight excluding hydrogens is 388 g/mol. The van der Waals surface area contributed by atoms with Crippen molar-refractivity contribution in [1.82, 2.24) is 4.31 Å². The number of hydrogen-bond acceptors (Lipinski definition) is 5. The molecule has 0 bridgehead atoms. The van der Waals surface area contributed by atoms with Crippen molar-refractivity contribution in [1.29, 1.82) is 0 Å². The normalized spacial score (nSPS) is 11.3. The van der Waals surface area contributed by atoms with Gasteiger partial charge in [0.1, 0.15) is 0 Å². The molecule has 29 heavy (non-hydrogen) atoms. The summed E-state index contributed by atoms with van der Waals surface area (Å²) in [5.41, 5.74) is 3.04. The van der Waals surface area contributed by atoms with Gasteiger partial charge in [0.05, 0.1) is 22.8 Å². The van der Waals surface area contributed by atoms with E-state index in [1.807, 2.05) is 52.0 Å². The number of nitrogens with one attached hydrogen (secondary N) is 3. The van der Waals surface area contributed by atoms with Crippen LogP contribution in [0.5, 0.6) is 0 Å². The number of aryl methyl sites for hydroxylation is 1. The molecule has 158 valence electrons. The number of benzene rings is 2. The Hall–Kier alpha value is -2.58. The molecule has 0 fully saturated rings. The molecule has 2 aromatic rings. The van der Waals surface area contributed by atoms with Gasteiger partial charge in [-0.25, -0.2) is 8.42 Å². The summed E-state index contributed by atoms with van der Waals surface area (Å²) < 4.78 is 27.1. The SMILES string of the molecule is CCNc1ccc(S(=O)(=O)N(CC)CC)cc1NCC(=O)Nc1ccccc1C. The van der Waals surface area contributed by atoms with Gasteiger partial charge in [0.15, 0.2) is 0 Å². The summed E-state index contributed by atoms with van der Waals surface area (Å²) in [6.45, 7) is 8.98. The van der Waals surface area contributed by atoms with Gasteiger partial charge in [-0.1, -0.05) is 32.0 Å². The smallest absolute Gasteiger partial charge is 0.243 e. The molecule has 0 aromatic heterocycles. The minimum absolute atomic E-state index is 0.0154. The number of carbonyl (C=O) groups excluding carboxylic acids is 1.